The molecule has 1 aliphatic heterocycles. The zero-order chi connectivity index (χ0) is 13.8. The molecule has 1 atom stereocenters. The molecule has 0 bridgehead atoms. The third-order valence-corrected chi connectivity index (χ3v) is 3.98. The van der Waals surface area contributed by atoms with Crippen molar-refractivity contribution in [2.45, 2.75) is 38.6 Å². The first-order valence-electron chi connectivity index (χ1n) is 7.39. The Morgan fingerprint density at radius 1 is 1.45 bits per heavy atom. The molecular formula is C16H21N3O. The van der Waals surface area contributed by atoms with E-state index in [9.17, 15) is 0 Å². The number of likely N-dealkylation sites (tertiary alicyclic amines) is 1. The Labute approximate surface area is 119 Å². The van der Waals surface area contributed by atoms with Crippen LogP contribution in [-0.4, -0.2) is 28.1 Å². The Hall–Kier alpha value is -1.68. The summed E-state index contributed by atoms with van der Waals surface area (Å²) in [7, 11) is 0. The summed E-state index contributed by atoms with van der Waals surface area (Å²) in [5, 5.41) is 4.19. The van der Waals surface area contributed by atoms with Crippen LogP contribution < -0.4 is 0 Å². The monoisotopic (exact) mass is 271 g/mol. The van der Waals surface area contributed by atoms with Gasteiger partial charge in [0, 0.05) is 18.5 Å². The Morgan fingerprint density at radius 3 is 3.15 bits per heavy atom. The van der Waals surface area contributed by atoms with Gasteiger partial charge in [0.1, 0.15) is 11.5 Å². The molecule has 0 unspecified atom stereocenters. The number of pyridine rings is 1. The molecule has 106 valence electrons. The highest BCUT2D eigenvalue weighted by atomic mass is 16.5. The number of hydrogen-bond donors (Lipinski definition) is 0. The van der Waals surface area contributed by atoms with Crippen LogP contribution in [0.2, 0.25) is 0 Å². The van der Waals surface area contributed by atoms with Crippen LogP contribution in [0, 0.1) is 6.92 Å². The van der Waals surface area contributed by atoms with E-state index in [4.69, 9.17) is 4.52 Å². The molecule has 2 aromatic heterocycles. The highest BCUT2D eigenvalue weighted by Crippen LogP contribution is 2.31. The SMILES string of the molecule is Cc1cc([C@@H]2CCCN2CCCc2cccnc2)no1. The van der Waals surface area contributed by atoms with Crippen molar-refractivity contribution in [2.75, 3.05) is 13.1 Å². The van der Waals surface area contributed by atoms with Gasteiger partial charge < -0.3 is 4.52 Å². The molecule has 1 fully saturated rings. The summed E-state index contributed by atoms with van der Waals surface area (Å²) in [6.07, 6.45) is 8.49. The zero-order valence-corrected chi connectivity index (χ0v) is 12.0. The van der Waals surface area contributed by atoms with Crippen molar-refractivity contribution >= 4 is 0 Å². The molecule has 2 aromatic rings. The van der Waals surface area contributed by atoms with E-state index >= 15 is 0 Å². The molecule has 0 N–H and O–H groups in total. The van der Waals surface area contributed by atoms with Gasteiger partial charge in [0.15, 0.2) is 0 Å². The van der Waals surface area contributed by atoms with Crippen LogP contribution in [0.25, 0.3) is 0 Å². The van der Waals surface area contributed by atoms with Crippen molar-refractivity contribution in [1.82, 2.24) is 15.0 Å². The summed E-state index contributed by atoms with van der Waals surface area (Å²) in [6.45, 7) is 4.24. The number of nitrogens with zero attached hydrogens (tertiary/aromatic N) is 3. The van der Waals surface area contributed by atoms with Gasteiger partial charge in [-0.05, 0) is 57.3 Å². The van der Waals surface area contributed by atoms with E-state index < -0.39 is 0 Å². The van der Waals surface area contributed by atoms with Crippen LogP contribution in [0.1, 0.15) is 42.3 Å². The fourth-order valence-corrected chi connectivity index (χ4v) is 3.00. The zero-order valence-electron chi connectivity index (χ0n) is 12.0. The summed E-state index contributed by atoms with van der Waals surface area (Å²) >= 11 is 0. The van der Waals surface area contributed by atoms with Crippen molar-refractivity contribution in [3.8, 4) is 0 Å². The smallest absolute Gasteiger partial charge is 0.133 e. The van der Waals surface area contributed by atoms with Crippen LogP contribution in [0.3, 0.4) is 0 Å². The minimum atomic E-state index is 0.446. The molecule has 1 saturated heterocycles. The van der Waals surface area contributed by atoms with Crippen LogP contribution in [0.5, 0.6) is 0 Å². The molecular weight excluding hydrogens is 250 g/mol. The first kappa shape index (κ1) is 13.3. The Bertz CT molecular complexity index is 538. The normalized spacial score (nSPS) is 19.6. The largest absolute Gasteiger partial charge is 0.361 e. The van der Waals surface area contributed by atoms with E-state index in [1.54, 1.807) is 0 Å². The Morgan fingerprint density at radius 2 is 2.40 bits per heavy atom. The standard InChI is InChI=1S/C16H21N3O/c1-13-11-15(18-20-13)16-7-4-10-19(16)9-3-6-14-5-2-8-17-12-14/h2,5,8,11-12,16H,3-4,6-7,9-10H2,1H3/t16-/m0/s1. The summed E-state index contributed by atoms with van der Waals surface area (Å²) in [5.41, 5.74) is 2.42. The number of aromatic nitrogens is 2. The minimum Gasteiger partial charge on any atom is -0.361 e. The third-order valence-electron chi connectivity index (χ3n) is 3.98. The minimum absolute atomic E-state index is 0.446. The van der Waals surface area contributed by atoms with E-state index in [2.05, 4.69) is 27.2 Å². The Balaban J connectivity index is 1.54. The summed E-state index contributed by atoms with van der Waals surface area (Å²) in [4.78, 5) is 6.70. The topological polar surface area (TPSA) is 42.2 Å². The molecule has 0 aliphatic carbocycles. The lowest BCUT2D eigenvalue weighted by Gasteiger charge is -2.22. The maximum Gasteiger partial charge on any atom is 0.133 e. The second-order valence-electron chi connectivity index (χ2n) is 5.52. The highest BCUT2D eigenvalue weighted by Gasteiger charge is 2.27. The fraction of sp³-hybridized carbons (Fsp3) is 0.500. The second kappa shape index (κ2) is 6.18. The lowest BCUT2D eigenvalue weighted by Crippen LogP contribution is -2.25. The molecule has 0 radical (unpaired) electrons. The predicted octanol–water partition coefficient (Wildman–Crippen LogP) is 3.15. The van der Waals surface area contributed by atoms with Crippen molar-refractivity contribution in [3.63, 3.8) is 0 Å². The van der Waals surface area contributed by atoms with Crippen LogP contribution in [0.15, 0.2) is 35.1 Å². The first-order chi connectivity index (χ1) is 9.83. The molecule has 0 spiro atoms. The van der Waals surface area contributed by atoms with Crippen molar-refractivity contribution in [3.05, 3.63) is 47.6 Å². The number of rotatable bonds is 5. The molecule has 0 saturated carbocycles. The molecule has 3 rings (SSSR count). The average Bonchev–Trinajstić information content (AvgIpc) is 3.09. The van der Waals surface area contributed by atoms with Gasteiger partial charge in [-0.15, -0.1) is 0 Å². The van der Waals surface area contributed by atoms with Gasteiger partial charge in [0.05, 0.1) is 6.04 Å². The number of aryl methyl sites for hydroxylation is 2. The maximum absolute atomic E-state index is 5.21. The third kappa shape index (κ3) is 3.07. The van der Waals surface area contributed by atoms with E-state index in [1.807, 2.05) is 25.4 Å². The average molecular weight is 271 g/mol. The van der Waals surface area contributed by atoms with E-state index in [1.165, 1.54) is 31.4 Å². The highest BCUT2D eigenvalue weighted by molar-refractivity contribution is 5.11. The van der Waals surface area contributed by atoms with Crippen LogP contribution in [-0.2, 0) is 6.42 Å². The van der Waals surface area contributed by atoms with E-state index in [0.717, 1.165) is 24.4 Å². The molecule has 1 aliphatic rings. The van der Waals surface area contributed by atoms with Gasteiger partial charge in [0.25, 0.3) is 0 Å². The maximum atomic E-state index is 5.21. The van der Waals surface area contributed by atoms with Gasteiger partial charge in [-0.1, -0.05) is 11.2 Å². The van der Waals surface area contributed by atoms with Crippen molar-refractivity contribution in [2.24, 2.45) is 0 Å². The molecule has 20 heavy (non-hydrogen) atoms. The summed E-state index contributed by atoms with van der Waals surface area (Å²) < 4.78 is 5.21. The van der Waals surface area contributed by atoms with Gasteiger partial charge in [-0.2, -0.15) is 0 Å². The summed E-state index contributed by atoms with van der Waals surface area (Å²) in [6, 6.07) is 6.67. The molecule has 0 aromatic carbocycles. The Kier molecular flexibility index (Phi) is 4.11. The van der Waals surface area contributed by atoms with Crippen molar-refractivity contribution in [1.29, 1.82) is 0 Å². The van der Waals surface area contributed by atoms with Gasteiger partial charge >= 0.3 is 0 Å². The summed E-state index contributed by atoms with van der Waals surface area (Å²) in [5.74, 6) is 0.905. The molecule has 3 heterocycles. The predicted molar refractivity (Wildman–Crippen MR) is 77.3 cm³/mol. The van der Waals surface area contributed by atoms with E-state index in [0.29, 0.717) is 6.04 Å². The van der Waals surface area contributed by atoms with Gasteiger partial charge in [-0.3, -0.25) is 9.88 Å². The lowest BCUT2D eigenvalue weighted by atomic mass is 10.1. The number of hydrogen-bond acceptors (Lipinski definition) is 4. The van der Waals surface area contributed by atoms with Gasteiger partial charge in [0.2, 0.25) is 0 Å². The first-order valence-corrected chi connectivity index (χ1v) is 7.39. The quantitative estimate of drug-likeness (QED) is 0.837. The second-order valence-corrected chi connectivity index (χ2v) is 5.52. The molecule has 4 nitrogen and oxygen atoms in total. The van der Waals surface area contributed by atoms with E-state index in [-0.39, 0.29) is 0 Å². The molecule has 0 amide bonds. The molecule has 4 heteroatoms. The van der Waals surface area contributed by atoms with Gasteiger partial charge in [-0.25, -0.2) is 0 Å². The van der Waals surface area contributed by atoms with Crippen molar-refractivity contribution < 1.29 is 4.52 Å². The lowest BCUT2D eigenvalue weighted by molar-refractivity contribution is 0.242. The van der Waals surface area contributed by atoms with Crippen LogP contribution >= 0.6 is 0 Å². The fourth-order valence-electron chi connectivity index (χ4n) is 3.00. The van der Waals surface area contributed by atoms with Crippen LogP contribution in [0.4, 0.5) is 0 Å².